The predicted octanol–water partition coefficient (Wildman–Crippen LogP) is 2.69. The maximum Gasteiger partial charge on any atom is 0.191 e. The first-order valence-electron chi connectivity index (χ1n) is 7.75. The van der Waals surface area contributed by atoms with Gasteiger partial charge >= 0.3 is 0 Å². The summed E-state index contributed by atoms with van der Waals surface area (Å²) in [7, 11) is 0. The number of guanidine groups is 1. The van der Waals surface area contributed by atoms with E-state index in [0.717, 1.165) is 31.2 Å². The zero-order valence-corrected chi connectivity index (χ0v) is 13.3. The van der Waals surface area contributed by atoms with Crippen LogP contribution in [-0.2, 0) is 13.0 Å². The average Bonchev–Trinajstić information content (AvgIpc) is 2.55. The molecule has 1 aromatic carbocycles. The van der Waals surface area contributed by atoms with Crippen molar-refractivity contribution in [1.82, 2.24) is 15.6 Å². The molecule has 0 radical (unpaired) electrons. The summed E-state index contributed by atoms with van der Waals surface area (Å²) in [6, 6.07) is 14.5. The SMILES string of the molecule is CCNC(=NCc1ccccn1)NCCc1ccc(C)cc1. The van der Waals surface area contributed by atoms with Gasteiger partial charge < -0.3 is 10.6 Å². The molecule has 2 rings (SSSR count). The zero-order valence-electron chi connectivity index (χ0n) is 13.3. The van der Waals surface area contributed by atoms with Crippen LogP contribution in [0.5, 0.6) is 0 Å². The van der Waals surface area contributed by atoms with Crippen LogP contribution >= 0.6 is 0 Å². The second-order valence-corrected chi connectivity index (χ2v) is 5.18. The number of nitrogens with one attached hydrogen (secondary N) is 2. The number of pyridine rings is 1. The van der Waals surface area contributed by atoms with Crippen molar-refractivity contribution in [3.63, 3.8) is 0 Å². The van der Waals surface area contributed by atoms with E-state index in [-0.39, 0.29) is 0 Å². The fourth-order valence-electron chi connectivity index (χ4n) is 2.07. The summed E-state index contributed by atoms with van der Waals surface area (Å²) in [4.78, 5) is 8.85. The van der Waals surface area contributed by atoms with Crippen LogP contribution in [0.15, 0.2) is 53.7 Å². The first-order valence-corrected chi connectivity index (χ1v) is 7.75. The van der Waals surface area contributed by atoms with E-state index in [9.17, 15) is 0 Å². The van der Waals surface area contributed by atoms with Gasteiger partial charge in [0, 0.05) is 19.3 Å². The maximum absolute atomic E-state index is 4.56. The van der Waals surface area contributed by atoms with E-state index < -0.39 is 0 Å². The van der Waals surface area contributed by atoms with Crippen molar-refractivity contribution in [1.29, 1.82) is 0 Å². The maximum atomic E-state index is 4.56. The molecule has 2 N–H and O–H groups in total. The van der Waals surface area contributed by atoms with Crippen molar-refractivity contribution >= 4 is 5.96 Å². The number of hydrogen-bond donors (Lipinski definition) is 2. The topological polar surface area (TPSA) is 49.3 Å². The van der Waals surface area contributed by atoms with E-state index in [1.165, 1.54) is 11.1 Å². The Labute approximate surface area is 132 Å². The smallest absolute Gasteiger partial charge is 0.191 e. The lowest BCUT2D eigenvalue weighted by molar-refractivity contribution is 0.796. The monoisotopic (exact) mass is 296 g/mol. The quantitative estimate of drug-likeness (QED) is 0.636. The summed E-state index contributed by atoms with van der Waals surface area (Å²) in [5, 5.41) is 6.62. The van der Waals surface area contributed by atoms with E-state index in [2.05, 4.69) is 58.7 Å². The molecule has 0 bridgehead atoms. The lowest BCUT2D eigenvalue weighted by Crippen LogP contribution is -2.38. The summed E-state index contributed by atoms with van der Waals surface area (Å²) in [5.74, 6) is 0.834. The van der Waals surface area contributed by atoms with Crippen molar-refractivity contribution in [2.75, 3.05) is 13.1 Å². The molecule has 116 valence electrons. The van der Waals surface area contributed by atoms with E-state index in [0.29, 0.717) is 6.54 Å². The summed E-state index contributed by atoms with van der Waals surface area (Å²) in [5.41, 5.74) is 3.60. The molecule has 4 nitrogen and oxygen atoms in total. The molecule has 1 heterocycles. The largest absolute Gasteiger partial charge is 0.357 e. The standard InChI is InChI=1S/C18H24N4/c1-3-19-18(22-14-17-6-4-5-12-20-17)21-13-11-16-9-7-15(2)8-10-16/h4-10,12H,3,11,13-14H2,1-2H3,(H2,19,21,22). The Kier molecular flexibility index (Phi) is 6.42. The van der Waals surface area contributed by atoms with Gasteiger partial charge in [-0.05, 0) is 38.0 Å². The molecular weight excluding hydrogens is 272 g/mol. The van der Waals surface area contributed by atoms with Gasteiger partial charge in [0.15, 0.2) is 5.96 Å². The first kappa shape index (κ1) is 16.0. The highest BCUT2D eigenvalue weighted by atomic mass is 15.2. The van der Waals surface area contributed by atoms with Crippen molar-refractivity contribution in [3.05, 3.63) is 65.5 Å². The fourth-order valence-corrected chi connectivity index (χ4v) is 2.07. The number of benzene rings is 1. The molecule has 0 amide bonds. The number of rotatable bonds is 6. The molecule has 1 aromatic heterocycles. The molecule has 4 heteroatoms. The third-order valence-corrected chi connectivity index (χ3v) is 3.30. The van der Waals surface area contributed by atoms with E-state index in [1.807, 2.05) is 18.2 Å². The third kappa shape index (κ3) is 5.56. The molecule has 0 saturated carbocycles. The van der Waals surface area contributed by atoms with E-state index >= 15 is 0 Å². The Morgan fingerprint density at radius 2 is 1.91 bits per heavy atom. The molecule has 0 atom stereocenters. The van der Waals surface area contributed by atoms with Crippen LogP contribution in [0.4, 0.5) is 0 Å². The molecule has 0 fully saturated rings. The lowest BCUT2D eigenvalue weighted by Gasteiger charge is -2.11. The van der Waals surface area contributed by atoms with Gasteiger partial charge in [-0.15, -0.1) is 0 Å². The zero-order chi connectivity index (χ0) is 15.6. The number of hydrogen-bond acceptors (Lipinski definition) is 2. The van der Waals surface area contributed by atoms with Crippen LogP contribution in [0, 0.1) is 6.92 Å². The predicted molar refractivity (Wildman–Crippen MR) is 91.9 cm³/mol. The summed E-state index contributed by atoms with van der Waals surface area (Å²) in [6.45, 7) is 6.46. The van der Waals surface area contributed by atoms with Gasteiger partial charge in [0.2, 0.25) is 0 Å². The number of aromatic nitrogens is 1. The van der Waals surface area contributed by atoms with Gasteiger partial charge in [-0.25, -0.2) is 4.99 Å². The molecular formula is C18H24N4. The van der Waals surface area contributed by atoms with Crippen molar-refractivity contribution < 1.29 is 0 Å². The van der Waals surface area contributed by atoms with Gasteiger partial charge in [-0.2, -0.15) is 0 Å². The normalized spacial score (nSPS) is 11.3. The highest BCUT2D eigenvalue weighted by Gasteiger charge is 1.98. The molecule has 0 aliphatic heterocycles. The Bertz CT molecular complexity index is 576. The first-order chi connectivity index (χ1) is 10.8. The van der Waals surface area contributed by atoms with Crippen molar-refractivity contribution in [2.45, 2.75) is 26.8 Å². The van der Waals surface area contributed by atoms with Crippen molar-refractivity contribution in [3.8, 4) is 0 Å². The minimum Gasteiger partial charge on any atom is -0.357 e. The number of aryl methyl sites for hydroxylation is 1. The van der Waals surface area contributed by atoms with Crippen LogP contribution in [0.2, 0.25) is 0 Å². The van der Waals surface area contributed by atoms with Gasteiger partial charge in [0.1, 0.15) is 0 Å². The summed E-state index contributed by atoms with van der Waals surface area (Å²) < 4.78 is 0. The Balaban J connectivity index is 1.84. The lowest BCUT2D eigenvalue weighted by atomic mass is 10.1. The van der Waals surface area contributed by atoms with Crippen LogP contribution in [-0.4, -0.2) is 24.0 Å². The van der Waals surface area contributed by atoms with Gasteiger partial charge in [-0.3, -0.25) is 4.98 Å². The van der Waals surface area contributed by atoms with Crippen LogP contribution in [0.1, 0.15) is 23.7 Å². The Morgan fingerprint density at radius 1 is 1.09 bits per heavy atom. The van der Waals surface area contributed by atoms with Crippen LogP contribution < -0.4 is 10.6 Å². The van der Waals surface area contributed by atoms with Gasteiger partial charge in [0.05, 0.1) is 12.2 Å². The molecule has 0 spiro atoms. The van der Waals surface area contributed by atoms with Gasteiger partial charge in [-0.1, -0.05) is 35.9 Å². The molecule has 0 aliphatic rings. The molecule has 0 saturated heterocycles. The van der Waals surface area contributed by atoms with Crippen molar-refractivity contribution in [2.24, 2.45) is 4.99 Å². The third-order valence-electron chi connectivity index (χ3n) is 3.30. The Morgan fingerprint density at radius 3 is 2.59 bits per heavy atom. The Hall–Kier alpha value is -2.36. The second-order valence-electron chi connectivity index (χ2n) is 5.18. The molecule has 0 unspecified atom stereocenters. The average molecular weight is 296 g/mol. The summed E-state index contributed by atoms with van der Waals surface area (Å²) >= 11 is 0. The van der Waals surface area contributed by atoms with Crippen LogP contribution in [0.25, 0.3) is 0 Å². The highest BCUT2D eigenvalue weighted by molar-refractivity contribution is 5.79. The molecule has 0 aliphatic carbocycles. The highest BCUT2D eigenvalue weighted by Crippen LogP contribution is 2.03. The summed E-state index contributed by atoms with van der Waals surface area (Å²) in [6.07, 6.45) is 2.77. The van der Waals surface area contributed by atoms with Crippen LogP contribution in [0.3, 0.4) is 0 Å². The van der Waals surface area contributed by atoms with Gasteiger partial charge in [0.25, 0.3) is 0 Å². The molecule has 2 aromatic rings. The second kappa shape index (κ2) is 8.82. The number of nitrogens with zero attached hydrogens (tertiary/aromatic N) is 2. The fraction of sp³-hybridized carbons (Fsp3) is 0.333. The minimum atomic E-state index is 0.584. The van der Waals surface area contributed by atoms with E-state index in [1.54, 1.807) is 6.20 Å². The minimum absolute atomic E-state index is 0.584. The molecule has 22 heavy (non-hydrogen) atoms. The number of aliphatic imine (C=N–C) groups is 1. The van der Waals surface area contributed by atoms with E-state index in [4.69, 9.17) is 0 Å².